The van der Waals surface area contributed by atoms with Crippen molar-refractivity contribution in [2.45, 2.75) is 10.9 Å². The van der Waals surface area contributed by atoms with Crippen LogP contribution in [0.3, 0.4) is 0 Å². The third-order valence-electron chi connectivity index (χ3n) is 3.51. The number of nitrogens with one attached hydrogen (secondary N) is 1. The molecule has 0 saturated carbocycles. The largest absolute Gasteiger partial charge is 0.497 e. The SMILES string of the molecule is COc1ccc(SCC(=O)N[C@@H](CN(C)C)c2ccccc2)cc1. The van der Waals surface area contributed by atoms with Gasteiger partial charge in [0.1, 0.15) is 5.75 Å². The maximum Gasteiger partial charge on any atom is 0.230 e. The highest BCUT2D eigenvalue weighted by Crippen LogP contribution is 2.21. The minimum absolute atomic E-state index is 0.00910. The summed E-state index contributed by atoms with van der Waals surface area (Å²) in [7, 11) is 5.66. The third kappa shape index (κ3) is 5.91. The topological polar surface area (TPSA) is 41.6 Å². The number of benzene rings is 2. The molecule has 0 heterocycles. The average Bonchev–Trinajstić information content (AvgIpc) is 2.60. The van der Waals surface area contributed by atoms with Crippen molar-refractivity contribution in [2.75, 3.05) is 33.5 Å². The summed E-state index contributed by atoms with van der Waals surface area (Å²) in [5.74, 6) is 1.24. The second-order valence-corrected chi connectivity index (χ2v) is 6.81. The van der Waals surface area contributed by atoms with E-state index in [-0.39, 0.29) is 11.9 Å². The lowest BCUT2D eigenvalue weighted by atomic mass is 10.1. The second-order valence-electron chi connectivity index (χ2n) is 5.76. The van der Waals surface area contributed by atoms with Crippen LogP contribution in [0.15, 0.2) is 59.5 Å². The summed E-state index contributed by atoms with van der Waals surface area (Å²) in [5, 5.41) is 3.13. The highest BCUT2D eigenvalue weighted by atomic mass is 32.2. The van der Waals surface area contributed by atoms with Crippen LogP contribution < -0.4 is 10.1 Å². The third-order valence-corrected chi connectivity index (χ3v) is 4.53. The van der Waals surface area contributed by atoms with Crippen LogP contribution in [0.1, 0.15) is 11.6 Å². The molecular weight excluding hydrogens is 320 g/mol. The molecule has 0 bridgehead atoms. The molecule has 0 spiro atoms. The van der Waals surface area contributed by atoms with Gasteiger partial charge in [0.25, 0.3) is 0 Å². The zero-order valence-corrected chi connectivity index (χ0v) is 15.2. The fourth-order valence-electron chi connectivity index (χ4n) is 2.34. The van der Waals surface area contributed by atoms with Crippen LogP contribution in [0.25, 0.3) is 0 Å². The lowest BCUT2D eigenvalue weighted by Gasteiger charge is -2.22. The van der Waals surface area contributed by atoms with E-state index in [9.17, 15) is 4.79 Å². The molecule has 5 heteroatoms. The van der Waals surface area contributed by atoms with Crippen molar-refractivity contribution in [2.24, 2.45) is 0 Å². The van der Waals surface area contributed by atoms with Gasteiger partial charge >= 0.3 is 0 Å². The fraction of sp³-hybridized carbons (Fsp3) is 0.316. The monoisotopic (exact) mass is 344 g/mol. The van der Waals surface area contributed by atoms with E-state index in [4.69, 9.17) is 4.74 Å². The van der Waals surface area contributed by atoms with E-state index in [0.29, 0.717) is 5.75 Å². The lowest BCUT2D eigenvalue weighted by molar-refractivity contribution is -0.119. The number of likely N-dealkylation sites (N-methyl/N-ethyl adjacent to an activating group) is 1. The maximum absolute atomic E-state index is 12.3. The summed E-state index contributed by atoms with van der Waals surface area (Å²) < 4.78 is 5.14. The summed E-state index contributed by atoms with van der Waals surface area (Å²) in [6.45, 7) is 0.767. The van der Waals surface area contributed by atoms with Crippen molar-refractivity contribution in [1.29, 1.82) is 0 Å². The number of rotatable bonds is 8. The van der Waals surface area contributed by atoms with Gasteiger partial charge in [0.15, 0.2) is 0 Å². The molecule has 0 saturated heterocycles. The molecule has 0 aromatic heterocycles. The van der Waals surface area contributed by atoms with Crippen molar-refractivity contribution < 1.29 is 9.53 Å². The average molecular weight is 344 g/mol. The Morgan fingerprint density at radius 1 is 1.12 bits per heavy atom. The number of hydrogen-bond acceptors (Lipinski definition) is 4. The van der Waals surface area contributed by atoms with E-state index < -0.39 is 0 Å². The highest BCUT2D eigenvalue weighted by molar-refractivity contribution is 8.00. The Balaban J connectivity index is 1.92. The first-order valence-electron chi connectivity index (χ1n) is 7.84. The summed E-state index contributed by atoms with van der Waals surface area (Å²) in [6, 6.07) is 17.8. The van der Waals surface area contributed by atoms with Crippen molar-refractivity contribution in [3.05, 3.63) is 60.2 Å². The number of ether oxygens (including phenoxy) is 1. The lowest BCUT2D eigenvalue weighted by Crippen LogP contribution is -2.36. The van der Waals surface area contributed by atoms with Crippen LogP contribution in [0.5, 0.6) is 5.75 Å². The zero-order valence-electron chi connectivity index (χ0n) is 14.4. The van der Waals surface area contributed by atoms with Gasteiger partial charge in [-0.2, -0.15) is 0 Å². The number of methoxy groups -OCH3 is 1. The summed E-state index contributed by atoms with van der Waals surface area (Å²) in [5.41, 5.74) is 1.12. The molecule has 4 nitrogen and oxygen atoms in total. The molecule has 0 unspecified atom stereocenters. The molecule has 2 aromatic carbocycles. The Morgan fingerprint density at radius 3 is 2.38 bits per heavy atom. The van der Waals surface area contributed by atoms with Crippen LogP contribution in [0.4, 0.5) is 0 Å². The van der Waals surface area contributed by atoms with Gasteiger partial charge in [0.05, 0.1) is 18.9 Å². The number of carbonyl (C=O) groups is 1. The number of amides is 1. The second kappa shape index (κ2) is 9.35. The minimum Gasteiger partial charge on any atom is -0.497 e. The Hall–Kier alpha value is -1.98. The van der Waals surface area contributed by atoms with E-state index in [2.05, 4.69) is 10.2 Å². The molecule has 0 aliphatic rings. The number of nitrogens with zero attached hydrogens (tertiary/aromatic N) is 1. The van der Waals surface area contributed by atoms with Crippen LogP contribution in [-0.4, -0.2) is 44.3 Å². The Bertz CT molecular complexity index is 630. The van der Waals surface area contributed by atoms with Gasteiger partial charge in [-0.1, -0.05) is 30.3 Å². The van der Waals surface area contributed by atoms with Crippen LogP contribution in [0.2, 0.25) is 0 Å². The number of thioether (sulfide) groups is 1. The molecule has 1 atom stereocenters. The van der Waals surface area contributed by atoms with Crippen molar-refractivity contribution >= 4 is 17.7 Å². The molecule has 0 fully saturated rings. The molecule has 2 aromatic rings. The molecule has 0 aliphatic carbocycles. The van der Waals surface area contributed by atoms with E-state index in [0.717, 1.165) is 22.8 Å². The fourth-order valence-corrected chi connectivity index (χ4v) is 3.05. The number of hydrogen-bond donors (Lipinski definition) is 1. The van der Waals surface area contributed by atoms with Gasteiger partial charge in [-0.05, 0) is 43.9 Å². The number of carbonyl (C=O) groups excluding carboxylic acids is 1. The molecule has 0 radical (unpaired) electrons. The molecule has 1 N–H and O–H groups in total. The molecule has 0 aliphatic heterocycles. The summed E-state index contributed by atoms with van der Waals surface area (Å²) >= 11 is 1.52. The van der Waals surface area contributed by atoms with Crippen molar-refractivity contribution in [1.82, 2.24) is 10.2 Å². The van der Waals surface area contributed by atoms with Crippen LogP contribution >= 0.6 is 11.8 Å². The first-order chi connectivity index (χ1) is 11.6. The smallest absolute Gasteiger partial charge is 0.230 e. The quantitative estimate of drug-likeness (QED) is 0.747. The van der Waals surface area contributed by atoms with E-state index in [1.54, 1.807) is 7.11 Å². The van der Waals surface area contributed by atoms with Gasteiger partial charge in [0, 0.05) is 11.4 Å². The minimum atomic E-state index is -0.00910. The Kier molecular flexibility index (Phi) is 7.15. The standard InChI is InChI=1S/C19H24N2O2S/c1-21(2)13-18(15-7-5-4-6-8-15)20-19(22)14-24-17-11-9-16(23-3)10-12-17/h4-12,18H,13-14H2,1-3H3,(H,20,22)/t18-/m0/s1. The molecule has 128 valence electrons. The van der Waals surface area contributed by atoms with Crippen LogP contribution in [-0.2, 0) is 4.79 Å². The summed E-state index contributed by atoms with van der Waals surface area (Å²) in [6.07, 6.45) is 0. The highest BCUT2D eigenvalue weighted by Gasteiger charge is 2.15. The van der Waals surface area contributed by atoms with Gasteiger partial charge in [0.2, 0.25) is 5.91 Å². The normalized spacial score (nSPS) is 12.0. The zero-order chi connectivity index (χ0) is 17.4. The first kappa shape index (κ1) is 18.4. The van der Waals surface area contributed by atoms with E-state index in [1.165, 1.54) is 11.8 Å². The molecular formula is C19H24N2O2S. The molecule has 2 rings (SSSR count). The van der Waals surface area contributed by atoms with Crippen LogP contribution in [0, 0.1) is 0 Å². The Morgan fingerprint density at radius 2 is 1.79 bits per heavy atom. The van der Waals surface area contributed by atoms with Gasteiger partial charge in [-0.15, -0.1) is 11.8 Å². The van der Waals surface area contributed by atoms with Gasteiger partial charge in [-0.3, -0.25) is 4.79 Å². The molecule has 1 amide bonds. The predicted octanol–water partition coefficient (Wildman–Crippen LogP) is 3.21. The van der Waals surface area contributed by atoms with Crippen molar-refractivity contribution in [3.63, 3.8) is 0 Å². The van der Waals surface area contributed by atoms with E-state index >= 15 is 0 Å². The Labute approximate surface area is 148 Å². The van der Waals surface area contributed by atoms with Crippen molar-refractivity contribution in [3.8, 4) is 5.75 Å². The maximum atomic E-state index is 12.3. The predicted molar refractivity (Wildman–Crippen MR) is 99.6 cm³/mol. The summed E-state index contributed by atoms with van der Waals surface area (Å²) in [4.78, 5) is 15.5. The molecule has 24 heavy (non-hydrogen) atoms. The van der Waals surface area contributed by atoms with Gasteiger partial charge in [-0.25, -0.2) is 0 Å². The first-order valence-corrected chi connectivity index (χ1v) is 8.83. The van der Waals surface area contributed by atoms with Gasteiger partial charge < -0.3 is 15.0 Å². The van der Waals surface area contributed by atoms with E-state index in [1.807, 2.05) is 68.7 Å².